The number of benzene rings is 4. The van der Waals surface area contributed by atoms with Crippen LogP contribution in [-0.2, 0) is 40.3 Å². The van der Waals surface area contributed by atoms with E-state index in [0.29, 0.717) is 5.56 Å². The van der Waals surface area contributed by atoms with E-state index < -0.39 is 47.8 Å². The average Bonchev–Trinajstić information content (AvgIpc) is 3.09. The summed E-state index contributed by atoms with van der Waals surface area (Å²) >= 11 is 0. The summed E-state index contributed by atoms with van der Waals surface area (Å²) in [4.78, 5) is 27.9. The van der Waals surface area contributed by atoms with Gasteiger partial charge in [0.2, 0.25) is 5.91 Å². The highest BCUT2D eigenvalue weighted by atomic mass is 32.2. The highest BCUT2D eigenvalue weighted by Gasteiger charge is 2.40. The second kappa shape index (κ2) is 16.9. The van der Waals surface area contributed by atoms with E-state index in [9.17, 15) is 22.4 Å². The lowest BCUT2D eigenvalue weighted by Crippen LogP contribution is -2.50. The lowest BCUT2D eigenvalue weighted by atomic mass is 9.77. The third-order valence-corrected chi connectivity index (χ3v) is 14.5. The van der Waals surface area contributed by atoms with Gasteiger partial charge in [0.15, 0.2) is 14.4 Å². The zero-order valence-electron chi connectivity index (χ0n) is 30.2. The van der Waals surface area contributed by atoms with E-state index in [1.807, 2.05) is 91.0 Å². The fourth-order valence-corrected chi connectivity index (χ4v) is 7.22. The Labute approximate surface area is 303 Å². The summed E-state index contributed by atoms with van der Waals surface area (Å²) in [5, 5.41) is 6.16. The Kier molecular flexibility index (Phi) is 13.1. The Morgan fingerprint density at radius 1 is 0.784 bits per heavy atom. The third kappa shape index (κ3) is 10.9. The summed E-state index contributed by atoms with van der Waals surface area (Å²) in [7, 11) is -6.33. The molecule has 0 saturated carbocycles. The van der Waals surface area contributed by atoms with Gasteiger partial charge in [-0.15, -0.1) is 0 Å². The molecule has 0 aromatic heterocycles. The minimum atomic E-state index is -4.04. The van der Waals surface area contributed by atoms with Crippen molar-refractivity contribution in [3.63, 3.8) is 0 Å². The fourth-order valence-electron chi connectivity index (χ4n) is 5.59. The Bertz CT molecular complexity index is 1740. The largest absolute Gasteiger partial charge is 0.415 e. The number of amides is 2. The van der Waals surface area contributed by atoms with E-state index in [0.717, 1.165) is 22.9 Å². The van der Waals surface area contributed by atoms with Crippen LogP contribution in [-0.4, -0.2) is 53.6 Å². The van der Waals surface area contributed by atoms with Gasteiger partial charge in [0.25, 0.3) is 16.0 Å². The molecular weight excluding hydrogens is 684 g/mol. The van der Waals surface area contributed by atoms with Crippen molar-refractivity contribution in [2.24, 2.45) is 0 Å². The van der Waals surface area contributed by atoms with Gasteiger partial charge in [-0.2, -0.15) is 8.42 Å². The van der Waals surface area contributed by atoms with E-state index in [-0.39, 0.29) is 36.8 Å². The number of halogens is 1. The number of rotatable bonds is 16. The minimum absolute atomic E-state index is 0.0234. The number of hydrogen-bond acceptors (Lipinski definition) is 6. The molecule has 0 heterocycles. The molecule has 0 aliphatic heterocycles. The van der Waals surface area contributed by atoms with Crippen LogP contribution in [0.4, 0.5) is 4.39 Å². The number of hydrogen-bond donors (Lipinski definition) is 2. The molecule has 8 nitrogen and oxygen atoms in total. The smallest absolute Gasteiger partial charge is 0.265 e. The first-order chi connectivity index (χ1) is 24.0. The van der Waals surface area contributed by atoms with Crippen molar-refractivity contribution in [1.82, 2.24) is 10.6 Å². The summed E-state index contributed by atoms with van der Waals surface area (Å²) in [6.45, 7) is 10.6. The third-order valence-electron chi connectivity index (χ3n) is 9.38. The van der Waals surface area contributed by atoms with Crippen LogP contribution < -0.4 is 10.6 Å². The minimum Gasteiger partial charge on any atom is -0.415 e. The molecule has 2 atom stereocenters. The van der Waals surface area contributed by atoms with Crippen molar-refractivity contribution in [2.45, 2.75) is 75.9 Å². The first kappa shape index (κ1) is 39.6. The van der Waals surface area contributed by atoms with Crippen molar-refractivity contribution in [1.29, 1.82) is 0 Å². The molecule has 0 fully saturated rings. The molecule has 11 heteroatoms. The maximum atomic E-state index is 14.1. The summed E-state index contributed by atoms with van der Waals surface area (Å²) in [6, 6.07) is 34.1. The molecule has 4 rings (SSSR count). The van der Waals surface area contributed by atoms with E-state index in [4.69, 9.17) is 8.61 Å². The average molecular weight is 733 g/mol. The summed E-state index contributed by atoms with van der Waals surface area (Å²) in [6.07, 6.45) is -0.433. The standard InChI is InChI=1S/C40H49FN2O6SSi/c1-39(2,3)51(5,6)48-29-35(42-38(45)36(49-50(4,46)47)28-30-22-24-34(41)25-23-30)26-27-37(44)43-40(31-16-10-7-11-17-31,32-18-12-8-13-19-32)33-20-14-9-15-21-33/h7-25,35-36H,26-29H2,1-6H3,(H,42,45)(H,43,44)/t35-,36+/m0/s1. The maximum Gasteiger partial charge on any atom is 0.265 e. The lowest BCUT2D eigenvalue weighted by Gasteiger charge is -2.38. The fraction of sp³-hybridized carbons (Fsp3) is 0.350. The molecule has 4 aromatic rings. The predicted molar refractivity (Wildman–Crippen MR) is 201 cm³/mol. The Morgan fingerprint density at radius 2 is 1.25 bits per heavy atom. The molecule has 0 saturated heterocycles. The second-order valence-corrected chi connectivity index (χ2v) is 20.7. The molecule has 0 radical (unpaired) electrons. The maximum absolute atomic E-state index is 14.1. The molecule has 2 amide bonds. The molecule has 2 N–H and O–H groups in total. The van der Waals surface area contributed by atoms with Crippen LogP contribution in [0.3, 0.4) is 0 Å². The first-order valence-electron chi connectivity index (χ1n) is 17.0. The van der Waals surface area contributed by atoms with Crippen LogP contribution in [0, 0.1) is 5.82 Å². The molecule has 0 spiro atoms. The van der Waals surface area contributed by atoms with Gasteiger partial charge < -0.3 is 15.1 Å². The summed E-state index contributed by atoms with van der Waals surface area (Å²) in [5.74, 6) is -1.39. The molecule has 0 aliphatic rings. The highest BCUT2D eigenvalue weighted by molar-refractivity contribution is 7.86. The Hall–Kier alpha value is -4.16. The van der Waals surface area contributed by atoms with Crippen molar-refractivity contribution in [3.05, 3.63) is 143 Å². The van der Waals surface area contributed by atoms with E-state index in [1.165, 1.54) is 24.3 Å². The number of nitrogens with one attached hydrogen (secondary N) is 2. The van der Waals surface area contributed by atoms with Crippen molar-refractivity contribution >= 4 is 30.2 Å². The SMILES string of the molecule is CC(C)(C)[Si](C)(C)OC[C@H](CCC(=O)NC(c1ccccc1)(c1ccccc1)c1ccccc1)NC(=O)[C@@H](Cc1ccc(F)cc1)OS(C)(=O)=O. The topological polar surface area (TPSA) is 111 Å². The van der Waals surface area contributed by atoms with Crippen LogP contribution in [0.1, 0.15) is 55.9 Å². The molecule has 51 heavy (non-hydrogen) atoms. The highest BCUT2D eigenvalue weighted by Crippen LogP contribution is 2.38. The normalized spacial score (nSPS) is 13.6. The van der Waals surface area contributed by atoms with Gasteiger partial charge in [-0.05, 0) is 58.9 Å². The zero-order chi connectivity index (χ0) is 37.3. The van der Waals surface area contributed by atoms with Gasteiger partial charge in [-0.3, -0.25) is 13.8 Å². The number of carbonyl (C=O) groups is 2. The van der Waals surface area contributed by atoms with Crippen LogP contribution in [0.2, 0.25) is 18.1 Å². The number of carbonyl (C=O) groups excluding carboxylic acids is 2. The van der Waals surface area contributed by atoms with Crippen molar-refractivity contribution < 1.29 is 31.0 Å². The van der Waals surface area contributed by atoms with Crippen LogP contribution >= 0.6 is 0 Å². The van der Waals surface area contributed by atoms with Crippen molar-refractivity contribution in [3.8, 4) is 0 Å². The Morgan fingerprint density at radius 3 is 1.69 bits per heavy atom. The molecule has 272 valence electrons. The summed E-state index contributed by atoms with van der Waals surface area (Å²) < 4.78 is 49.7. The molecule has 4 aromatic carbocycles. The Balaban J connectivity index is 1.63. The van der Waals surface area contributed by atoms with Gasteiger partial charge in [0.05, 0.1) is 18.9 Å². The van der Waals surface area contributed by atoms with Gasteiger partial charge in [-0.25, -0.2) is 4.39 Å². The van der Waals surface area contributed by atoms with Crippen LogP contribution in [0.15, 0.2) is 115 Å². The van der Waals surface area contributed by atoms with Gasteiger partial charge >= 0.3 is 0 Å². The molecule has 0 unspecified atom stereocenters. The summed E-state index contributed by atoms with van der Waals surface area (Å²) in [5.41, 5.74) is 2.14. The molecule has 0 bridgehead atoms. The van der Waals surface area contributed by atoms with E-state index >= 15 is 0 Å². The van der Waals surface area contributed by atoms with E-state index in [2.05, 4.69) is 44.5 Å². The van der Waals surface area contributed by atoms with Crippen LogP contribution in [0.25, 0.3) is 0 Å². The van der Waals surface area contributed by atoms with E-state index in [1.54, 1.807) is 0 Å². The molecular formula is C40H49FN2O6SSi. The quantitative estimate of drug-likeness (QED) is 0.0722. The lowest BCUT2D eigenvalue weighted by molar-refractivity contribution is -0.129. The predicted octanol–water partition coefficient (Wildman–Crippen LogP) is 7.11. The van der Waals surface area contributed by atoms with Crippen LogP contribution in [0.5, 0.6) is 0 Å². The van der Waals surface area contributed by atoms with Crippen molar-refractivity contribution in [2.75, 3.05) is 12.9 Å². The second-order valence-electron chi connectivity index (χ2n) is 14.3. The van der Waals surface area contributed by atoms with Gasteiger partial charge in [0.1, 0.15) is 11.4 Å². The van der Waals surface area contributed by atoms with Gasteiger partial charge in [0, 0.05) is 12.8 Å². The molecule has 0 aliphatic carbocycles. The van der Waals surface area contributed by atoms with Gasteiger partial charge in [-0.1, -0.05) is 124 Å². The zero-order valence-corrected chi connectivity index (χ0v) is 32.0. The first-order valence-corrected chi connectivity index (χ1v) is 21.8. The monoisotopic (exact) mass is 732 g/mol.